The van der Waals surface area contributed by atoms with Crippen molar-refractivity contribution in [2.45, 2.75) is 36.8 Å². The van der Waals surface area contributed by atoms with E-state index in [1.54, 1.807) is 23.1 Å². The standard InChI is InChI=1S/C17H22N2OS2/c1-11-8-12(2)10-19(9-11)16(20)13(3)21-17-18-14-6-4-5-7-15(14)22-17/h4-7,11-13H,8-10H2,1-3H3. The molecule has 3 atom stereocenters. The van der Waals surface area contributed by atoms with Crippen LogP contribution in [0.25, 0.3) is 10.2 Å². The normalized spacial score (nSPS) is 23.7. The van der Waals surface area contributed by atoms with Gasteiger partial charge in [-0.3, -0.25) is 4.79 Å². The molecule has 1 aromatic carbocycles. The number of rotatable bonds is 3. The molecule has 1 amide bonds. The summed E-state index contributed by atoms with van der Waals surface area (Å²) in [4.78, 5) is 19.4. The van der Waals surface area contributed by atoms with Crippen LogP contribution in [0.1, 0.15) is 27.2 Å². The van der Waals surface area contributed by atoms with Gasteiger partial charge in [0, 0.05) is 13.1 Å². The summed E-state index contributed by atoms with van der Waals surface area (Å²) in [5, 5.41) is -0.0712. The number of benzene rings is 1. The molecular formula is C17H22N2OS2. The van der Waals surface area contributed by atoms with Gasteiger partial charge in [-0.15, -0.1) is 11.3 Å². The molecule has 0 radical (unpaired) electrons. The van der Waals surface area contributed by atoms with Crippen LogP contribution in [0, 0.1) is 11.8 Å². The number of hydrogen-bond acceptors (Lipinski definition) is 4. The molecule has 1 aromatic heterocycles. The van der Waals surface area contributed by atoms with Crippen LogP contribution in [0.4, 0.5) is 0 Å². The number of amides is 1. The van der Waals surface area contributed by atoms with Gasteiger partial charge in [0.15, 0.2) is 4.34 Å². The van der Waals surface area contributed by atoms with Crippen LogP contribution < -0.4 is 0 Å². The lowest BCUT2D eigenvalue weighted by molar-refractivity contribution is -0.132. The van der Waals surface area contributed by atoms with Crippen molar-refractivity contribution in [3.8, 4) is 0 Å². The number of likely N-dealkylation sites (tertiary alicyclic amines) is 1. The second-order valence-corrected chi connectivity index (χ2v) is 9.02. The van der Waals surface area contributed by atoms with Gasteiger partial charge in [0.05, 0.1) is 15.5 Å². The van der Waals surface area contributed by atoms with Crippen LogP contribution in [-0.2, 0) is 4.79 Å². The molecule has 1 saturated heterocycles. The molecule has 1 fully saturated rings. The van der Waals surface area contributed by atoms with Crippen molar-refractivity contribution < 1.29 is 4.79 Å². The number of piperidine rings is 1. The summed E-state index contributed by atoms with van der Waals surface area (Å²) >= 11 is 3.26. The quantitative estimate of drug-likeness (QED) is 0.786. The largest absolute Gasteiger partial charge is 0.341 e. The third-order valence-electron chi connectivity index (χ3n) is 4.08. The van der Waals surface area contributed by atoms with Gasteiger partial charge in [-0.05, 0) is 37.3 Å². The van der Waals surface area contributed by atoms with Crippen LogP contribution in [-0.4, -0.2) is 34.1 Å². The molecule has 3 rings (SSSR count). The molecule has 118 valence electrons. The lowest BCUT2D eigenvalue weighted by Gasteiger charge is -2.36. The van der Waals surface area contributed by atoms with Gasteiger partial charge < -0.3 is 4.90 Å². The highest BCUT2D eigenvalue weighted by molar-refractivity contribution is 8.02. The van der Waals surface area contributed by atoms with Crippen LogP contribution in [0.3, 0.4) is 0 Å². The summed E-state index contributed by atoms with van der Waals surface area (Å²) in [6.45, 7) is 8.27. The lowest BCUT2D eigenvalue weighted by Crippen LogP contribution is -2.45. The van der Waals surface area contributed by atoms with Gasteiger partial charge in [0.25, 0.3) is 0 Å². The number of aromatic nitrogens is 1. The molecule has 1 aliphatic rings. The SMILES string of the molecule is CC1CC(C)CN(C(=O)C(C)Sc2nc3ccccc3s2)C1. The molecule has 22 heavy (non-hydrogen) atoms. The van der Waals surface area contributed by atoms with Crippen molar-refractivity contribution in [1.29, 1.82) is 0 Å². The average molecular weight is 335 g/mol. The van der Waals surface area contributed by atoms with Crippen LogP contribution in [0.15, 0.2) is 28.6 Å². The summed E-state index contributed by atoms with van der Waals surface area (Å²) in [6.07, 6.45) is 1.23. The van der Waals surface area contributed by atoms with E-state index < -0.39 is 0 Å². The van der Waals surface area contributed by atoms with Gasteiger partial charge in [-0.1, -0.05) is 37.7 Å². The van der Waals surface area contributed by atoms with Gasteiger partial charge in [-0.25, -0.2) is 4.98 Å². The Kier molecular flexibility index (Phi) is 4.73. The van der Waals surface area contributed by atoms with E-state index in [2.05, 4.69) is 24.9 Å². The van der Waals surface area contributed by atoms with Crippen LogP contribution in [0.5, 0.6) is 0 Å². The van der Waals surface area contributed by atoms with Gasteiger partial charge in [0.2, 0.25) is 5.91 Å². The van der Waals surface area contributed by atoms with E-state index in [0.717, 1.165) is 22.9 Å². The van der Waals surface area contributed by atoms with E-state index in [4.69, 9.17) is 0 Å². The molecular weight excluding hydrogens is 312 g/mol. The Morgan fingerprint density at radius 3 is 2.68 bits per heavy atom. The summed E-state index contributed by atoms with van der Waals surface area (Å²) in [5.41, 5.74) is 1.02. The Bertz CT molecular complexity index is 626. The van der Waals surface area contributed by atoms with Gasteiger partial charge >= 0.3 is 0 Å². The lowest BCUT2D eigenvalue weighted by atomic mass is 9.92. The minimum absolute atomic E-state index is 0.0712. The molecule has 0 aliphatic carbocycles. The van der Waals surface area contributed by atoms with Crippen molar-refractivity contribution in [2.75, 3.05) is 13.1 Å². The maximum absolute atomic E-state index is 12.7. The predicted octanol–water partition coefficient (Wildman–Crippen LogP) is 4.28. The Morgan fingerprint density at radius 1 is 1.32 bits per heavy atom. The van der Waals surface area contributed by atoms with Crippen molar-refractivity contribution in [2.24, 2.45) is 11.8 Å². The molecule has 2 aromatic rings. The highest BCUT2D eigenvalue weighted by Gasteiger charge is 2.29. The Balaban J connectivity index is 1.68. The Morgan fingerprint density at radius 2 is 2.00 bits per heavy atom. The van der Waals surface area contributed by atoms with E-state index in [1.165, 1.54) is 11.1 Å². The Hall–Kier alpha value is -1.07. The van der Waals surface area contributed by atoms with E-state index in [0.29, 0.717) is 11.8 Å². The fraction of sp³-hybridized carbons (Fsp3) is 0.529. The number of hydrogen-bond donors (Lipinski definition) is 0. The summed E-state index contributed by atoms with van der Waals surface area (Å²) < 4.78 is 2.17. The topological polar surface area (TPSA) is 33.2 Å². The third kappa shape index (κ3) is 3.46. The Labute approximate surface area is 140 Å². The first-order valence-corrected chi connectivity index (χ1v) is 9.53. The number of thiazole rings is 1. The fourth-order valence-corrected chi connectivity index (χ4v) is 5.50. The number of carbonyl (C=O) groups excluding carboxylic acids is 1. The molecule has 0 N–H and O–H groups in total. The summed E-state index contributed by atoms with van der Waals surface area (Å²) in [5.74, 6) is 1.46. The van der Waals surface area contributed by atoms with Crippen molar-refractivity contribution in [3.05, 3.63) is 24.3 Å². The van der Waals surface area contributed by atoms with Crippen molar-refractivity contribution in [3.63, 3.8) is 0 Å². The second kappa shape index (κ2) is 6.59. The maximum Gasteiger partial charge on any atom is 0.235 e. The molecule has 5 heteroatoms. The monoisotopic (exact) mass is 334 g/mol. The molecule has 0 spiro atoms. The first kappa shape index (κ1) is 15.8. The number of para-hydroxylation sites is 1. The minimum atomic E-state index is -0.0712. The predicted molar refractivity (Wildman–Crippen MR) is 94.5 cm³/mol. The number of thioether (sulfide) groups is 1. The van der Waals surface area contributed by atoms with E-state index in [9.17, 15) is 4.79 Å². The van der Waals surface area contributed by atoms with Crippen LogP contribution in [0.2, 0.25) is 0 Å². The zero-order chi connectivity index (χ0) is 15.7. The molecule has 0 bridgehead atoms. The molecule has 3 nitrogen and oxygen atoms in total. The zero-order valence-corrected chi connectivity index (χ0v) is 14.9. The minimum Gasteiger partial charge on any atom is -0.341 e. The number of carbonyl (C=O) groups is 1. The van der Waals surface area contributed by atoms with Crippen molar-refractivity contribution in [1.82, 2.24) is 9.88 Å². The van der Waals surface area contributed by atoms with Gasteiger partial charge in [-0.2, -0.15) is 0 Å². The van der Waals surface area contributed by atoms with Gasteiger partial charge in [0.1, 0.15) is 0 Å². The molecule has 0 saturated carbocycles. The number of fused-ring (bicyclic) bond motifs is 1. The first-order chi connectivity index (χ1) is 10.5. The second-order valence-electron chi connectivity index (χ2n) is 6.40. The maximum atomic E-state index is 12.7. The summed E-state index contributed by atoms with van der Waals surface area (Å²) in [6, 6.07) is 8.13. The fourth-order valence-electron chi connectivity index (χ4n) is 3.20. The average Bonchev–Trinajstić information content (AvgIpc) is 2.87. The van der Waals surface area contributed by atoms with Crippen molar-refractivity contribution >= 4 is 39.2 Å². The number of nitrogens with zero attached hydrogens (tertiary/aromatic N) is 2. The molecule has 1 aliphatic heterocycles. The van der Waals surface area contributed by atoms with Crippen LogP contribution >= 0.6 is 23.1 Å². The highest BCUT2D eigenvalue weighted by atomic mass is 32.2. The molecule has 2 heterocycles. The molecule has 3 unspecified atom stereocenters. The van der Waals surface area contributed by atoms with E-state index in [-0.39, 0.29) is 11.2 Å². The highest BCUT2D eigenvalue weighted by Crippen LogP contribution is 2.33. The zero-order valence-electron chi connectivity index (χ0n) is 13.3. The van der Waals surface area contributed by atoms with E-state index >= 15 is 0 Å². The van der Waals surface area contributed by atoms with E-state index in [1.807, 2.05) is 30.0 Å². The smallest absolute Gasteiger partial charge is 0.235 e. The summed E-state index contributed by atoms with van der Waals surface area (Å²) in [7, 11) is 0. The first-order valence-electron chi connectivity index (χ1n) is 7.84. The third-order valence-corrected chi connectivity index (χ3v) is 6.30.